The average Bonchev–Trinajstić information content (AvgIpc) is 2.79. The van der Waals surface area contributed by atoms with Crippen molar-refractivity contribution in [2.45, 2.75) is 37.1 Å². The topological polar surface area (TPSA) is 92.8 Å². The molecular formula is C23H27BrN2O5S. The van der Waals surface area contributed by atoms with Crippen molar-refractivity contribution in [1.29, 1.82) is 0 Å². The van der Waals surface area contributed by atoms with Gasteiger partial charge in [0.25, 0.3) is 0 Å². The fourth-order valence-corrected chi connectivity index (χ4v) is 5.17. The van der Waals surface area contributed by atoms with Crippen molar-refractivity contribution in [3.05, 3.63) is 64.6 Å². The molecule has 2 aromatic rings. The van der Waals surface area contributed by atoms with Gasteiger partial charge in [-0.25, -0.2) is 8.42 Å². The Balaban J connectivity index is 1.76. The van der Waals surface area contributed by atoms with Gasteiger partial charge in [-0.3, -0.25) is 9.59 Å². The summed E-state index contributed by atoms with van der Waals surface area (Å²) >= 11 is 3.30. The van der Waals surface area contributed by atoms with Crippen molar-refractivity contribution in [3.63, 3.8) is 0 Å². The van der Waals surface area contributed by atoms with Crippen LogP contribution < -0.4 is 4.72 Å². The molecule has 172 valence electrons. The number of hydrogen-bond donors (Lipinski definition) is 1. The van der Waals surface area contributed by atoms with Gasteiger partial charge in [0.2, 0.25) is 15.9 Å². The van der Waals surface area contributed by atoms with Gasteiger partial charge in [0.1, 0.15) is 6.04 Å². The average molecular weight is 523 g/mol. The molecule has 1 heterocycles. The lowest BCUT2D eigenvalue weighted by atomic mass is 9.96. The highest BCUT2D eigenvalue weighted by Gasteiger charge is 2.33. The van der Waals surface area contributed by atoms with Crippen molar-refractivity contribution in [2.75, 3.05) is 19.7 Å². The second-order valence-electron chi connectivity index (χ2n) is 7.67. The van der Waals surface area contributed by atoms with Crippen molar-refractivity contribution < 1.29 is 22.7 Å². The predicted molar refractivity (Wildman–Crippen MR) is 124 cm³/mol. The molecule has 0 unspecified atom stereocenters. The molecule has 2 aromatic carbocycles. The van der Waals surface area contributed by atoms with Crippen LogP contribution in [0, 0.1) is 5.92 Å². The van der Waals surface area contributed by atoms with Gasteiger partial charge < -0.3 is 9.64 Å². The van der Waals surface area contributed by atoms with Crippen LogP contribution in [0.4, 0.5) is 0 Å². The van der Waals surface area contributed by atoms with Crippen LogP contribution in [0.3, 0.4) is 0 Å². The number of halogens is 1. The number of carbonyl (C=O) groups excluding carboxylic acids is 2. The zero-order chi connectivity index (χ0) is 23.1. The summed E-state index contributed by atoms with van der Waals surface area (Å²) in [6.07, 6.45) is 1.23. The smallest absolute Gasteiger partial charge is 0.309 e. The van der Waals surface area contributed by atoms with Crippen LogP contribution in [0.2, 0.25) is 0 Å². The molecule has 1 aliphatic rings. The molecule has 1 atom stereocenters. The number of ether oxygens (including phenoxy) is 1. The first-order valence-electron chi connectivity index (χ1n) is 10.6. The summed E-state index contributed by atoms with van der Waals surface area (Å²) < 4.78 is 34.4. The number of hydrogen-bond acceptors (Lipinski definition) is 5. The van der Waals surface area contributed by atoms with Crippen LogP contribution in [0.25, 0.3) is 0 Å². The molecule has 1 saturated heterocycles. The molecule has 1 amide bonds. The molecule has 3 rings (SSSR count). The van der Waals surface area contributed by atoms with E-state index in [0.717, 1.165) is 10.0 Å². The van der Waals surface area contributed by atoms with E-state index in [9.17, 15) is 18.0 Å². The van der Waals surface area contributed by atoms with Gasteiger partial charge in [-0.1, -0.05) is 46.3 Å². The molecule has 1 aliphatic heterocycles. The normalized spacial score (nSPS) is 15.9. The Morgan fingerprint density at radius 2 is 1.72 bits per heavy atom. The Morgan fingerprint density at radius 3 is 2.31 bits per heavy atom. The maximum Gasteiger partial charge on any atom is 0.309 e. The van der Waals surface area contributed by atoms with Crippen molar-refractivity contribution in [1.82, 2.24) is 9.62 Å². The van der Waals surface area contributed by atoms with Crippen LogP contribution in [0.15, 0.2) is 64.0 Å². The van der Waals surface area contributed by atoms with E-state index in [1.165, 1.54) is 12.1 Å². The van der Waals surface area contributed by atoms with E-state index >= 15 is 0 Å². The van der Waals surface area contributed by atoms with E-state index in [4.69, 9.17) is 4.74 Å². The number of benzene rings is 2. The minimum Gasteiger partial charge on any atom is -0.466 e. The number of likely N-dealkylation sites (tertiary alicyclic amines) is 1. The van der Waals surface area contributed by atoms with E-state index in [0.29, 0.717) is 32.5 Å². The lowest BCUT2D eigenvalue weighted by Gasteiger charge is -2.33. The highest BCUT2D eigenvalue weighted by atomic mass is 79.9. The van der Waals surface area contributed by atoms with Crippen LogP contribution in [-0.4, -0.2) is 50.9 Å². The van der Waals surface area contributed by atoms with Gasteiger partial charge >= 0.3 is 5.97 Å². The predicted octanol–water partition coefficient (Wildman–Crippen LogP) is 3.14. The second-order valence-corrected chi connectivity index (χ2v) is 10.3. The Labute approximate surface area is 197 Å². The Hall–Kier alpha value is -2.23. The van der Waals surface area contributed by atoms with Gasteiger partial charge in [0, 0.05) is 17.6 Å². The lowest BCUT2D eigenvalue weighted by molar-refractivity contribution is -0.151. The SMILES string of the molecule is CCOC(=O)C1CCN(C(=O)[C@@H](Cc2ccccc2)NS(=O)(=O)c2ccc(Br)cc2)CC1. The third kappa shape index (κ3) is 6.40. The van der Waals surface area contributed by atoms with Gasteiger partial charge in [0.05, 0.1) is 17.4 Å². The molecule has 0 aliphatic carbocycles. The Morgan fingerprint density at radius 1 is 1.09 bits per heavy atom. The van der Waals surface area contributed by atoms with Crippen molar-refractivity contribution in [2.24, 2.45) is 5.92 Å². The zero-order valence-corrected chi connectivity index (χ0v) is 20.3. The molecule has 9 heteroatoms. The highest BCUT2D eigenvalue weighted by Crippen LogP contribution is 2.21. The quantitative estimate of drug-likeness (QED) is 0.537. The van der Waals surface area contributed by atoms with Crippen molar-refractivity contribution in [3.8, 4) is 0 Å². The molecule has 1 fully saturated rings. The molecule has 0 radical (unpaired) electrons. The maximum atomic E-state index is 13.3. The van der Waals surface area contributed by atoms with E-state index in [2.05, 4.69) is 20.7 Å². The maximum absolute atomic E-state index is 13.3. The monoisotopic (exact) mass is 522 g/mol. The molecular weight excluding hydrogens is 496 g/mol. The summed E-state index contributed by atoms with van der Waals surface area (Å²) in [5, 5.41) is 0. The highest BCUT2D eigenvalue weighted by molar-refractivity contribution is 9.10. The van der Waals surface area contributed by atoms with E-state index in [1.54, 1.807) is 24.0 Å². The molecule has 7 nitrogen and oxygen atoms in total. The number of nitrogens with zero attached hydrogens (tertiary/aromatic N) is 1. The molecule has 0 aromatic heterocycles. The number of carbonyl (C=O) groups is 2. The van der Waals surface area contributed by atoms with E-state index in [1.807, 2.05) is 30.3 Å². The number of amides is 1. The summed E-state index contributed by atoms with van der Waals surface area (Å²) in [5.74, 6) is -0.765. The lowest BCUT2D eigenvalue weighted by Crippen LogP contribution is -2.52. The third-order valence-electron chi connectivity index (χ3n) is 5.43. The minimum absolute atomic E-state index is 0.0904. The summed E-state index contributed by atoms with van der Waals surface area (Å²) in [4.78, 5) is 27.1. The second kappa shape index (κ2) is 11.1. The van der Waals surface area contributed by atoms with Crippen molar-refractivity contribution >= 4 is 37.8 Å². The number of esters is 1. The van der Waals surface area contributed by atoms with E-state index in [-0.39, 0.29) is 29.1 Å². The number of sulfonamides is 1. The first-order valence-corrected chi connectivity index (χ1v) is 12.8. The third-order valence-corrected chi connectivity index (χ3v) is 7.44. The fourth-order valence-electron chi connectivity index (χ4n) is 3.71. The Bertz CT molecular complexity index is 1020. The van der Waals surface area contributed by atoms with Crippen LogP contribution in [-0.2, 0) is 30.8 Å². The fraction of sp³-hybridized carbons (Fsp3) is 0.391. The van der Waals surface area contributed by atoms with Crippen LogP contribution in [0.5, 0.6) is 0 Å². The standard InChI is InChI=1S/C23H27BrN2O5S/c1-2-31-23(28)18-12-14-26(15-13-18)22(27)21(16-17-6-4-3-5-7-17)25-32(29,30)20-10-8-19(24)9-11-20/h3-11,18,21,25H,2,12-16H2,1H3/t21-/m1/s1. The largest absolute Gasteiger partial charge is 0.466 e. The summed E-state index contributed by atoms with van der Waals surface area (Å²) in [5.41, 5.74) is 0.853. The molecule has 0 saturated carbocycles. The van der Waals surface area contributed by atoms with Crippen LogP contribution >= 0.6 is 15.9 Å². The van der Waals surface area contributed by atoms with Crippen LogP contribution in [0.1, 0.15) is 25.3 Å². The summed E-state index contributed by atoms with van der Waals surface area (Å²) in [7, 11) is -3.90. The number of rotatable bonds is 8. The molecule has 1 N–H and O–H groups in total. The zero-order valence-electron chi connectivity index (χ0n) is 17.9. The van der Waals surface area contributed by atoms with Gasteiger partial charge in [0.15, 0.2) is 0 Å². The minimum atomic E-state index is -3.90. The number of nitrogens with one attached hydrogen (secondary N) is 1. The summed E-state index contributed by atoms with van der Waals surface area (Å²) in [6.45, 7) is 2.86. The Kier molecular flexibility index (Phi) is 8.44. The molecule has 32 heavy (non-hydrogen) atoms. The number of piperidine rings is 1. The first-order chi connectivity index (χ1) is 15.3. The summed E-state index contributed by atoms with van der Waals surface area (Å²) in [6, 6.07) is 14.6. The van der Waals surface area contributed by atoms with Gasteiger partial charge in [-0.2, -0.15) is 4.72 Å². The first kappa shape index (κ1) is 24.4. The molecule has 0 bridgehead atoms. The van der Waals surface area contributed by atoms with E-state index < -0.39 is 16.1 Å². The van der Waals surface area contributed by atoms with Gasteiger partial charge in [-0.05, 0) is 56.0 Å². The van der Waals surface area contributed by atoms with Gasteiger partial charge in [-0.15, -0.1) is 0 Å². The molecule has 0 spiro atoms.